The van der Waals surface area contributed by atoms with Gasteiger partial charge in [0.05, 0.1) is 26.3 Å². The molecule has 6 nitrogen and oxygen atoms in total. The van der Waals surface area contributed by atoms with Gasteiger partial charge in [-0.1, -0.05) is 117 Å². The van der Waals surface area contributed by atoms with Crippen LogP contribution in [-0.4, -0.2) is 22.3 Å². The smallest absolute Gasteiger partial charge is 0.245 e. The highest BCUT2D eigenvalue weighted by Crippen LogP contribution is 2.12. The summed E-state index contributed by atoms with van der Waals surface area (Å²) >= 11 is 0. The van der Waals surface area contributed by atoms with Crippen LogP contribution in [0.1, 0.15) is 155 Å². The van der Waals surface area contributed by atoms with E-state index in [0.717, 1.165) is 39.1 Å². The van der Waals surface area contributed by atoms with Gasteiger partial charge in [0.2, 0.25) is 12.7 Å². The average Bonchev–Trinajstić information content (AvgIpc) is 3.66. The van der Waals surface area contributed by atoms with Crippen molar-refractivity contribution in [2.45, 2.75) is 182 Å². The van der Waals surface area contributed by atoms with Crippen molar-refractivity contribution in [3.8, 4) is 0 Å². The summed E-state index contributed by atoms with van der Waals surface area (Å²) in [6.45, 7) is 9.63. The fourth-order valence-corrected chi connectivity index (χ4v) is 5.61. The van der Waals surface area contributed by atoms with Gasteiger partial charge in [-0.2, -0.15) is 0 Å². The summed E-state index contributed by atoms with van der Waals surface area (Å²) in [5.74, 6) is 0. The van der Waals surface area contributed by atoms with Crippen LogP contribution in [0, 0.1) is 0 Å². The lowest BCUT2D eigenvalue weighted by molar-refractivity contribution is -0.733. The van der Waals surface area contributed by atoms with Gasteiger partial charge in [0.15, 0.2) is 13.5 Å². The molecule has 0 saturated heterocycles. The topological polar surface area (TPSA) is 36.1 Å². The van der Waals surface area contributed by atoms with Crippen molar-refractivity contribution in [3.63, 3.8) is 0 Å². The molecule has 0 aliphatic rings. The van der Waals surface area contributed by atoms with Gasteiger partial charge in [0, 0.05) is 0 Å². The molecule has 0 bridgehead atoms. The van der Waals surface area contributed by atoms with Crippen LogP contribution in [0.5, 0.6) is 0 Å². The zero-order valence-corrected chi connectivity index (χ0v) is 27.9. The van der Waals surface area contributed by atoms with Crippen LogP contribution in [0.2, 0.25) is 0 Å². The van der Waals surface area contributed by atoms with Crippen molar-refractivity contribution >= 4 is 0 Å². The standard InChI is InChI=1S/C36H68N4O2/c1-3-5-7-9-11-13-15-17-19-21-25-37-27-29-39(33-37)35-41-31-23-24-32-42-36-40-30-28-38(34-40)26-22-20-18-16-14-12-10-8-6-4-2/h27-30,33-34H,3-26,31-32,35-36H2,1-2H3/q+2. The fourth-order valence-electron chi connectivity index (χ4n) is 5.61. The molecule has 0 unspecified atom stereocenters. The molecule has 2 aromatic rings. The minimum absolute atomic E-state index is 0.633. The maximum absolute atomic E-state index is 5.88. The van der Waals surface area contributed by atoms with Gasteiger partial charge in [-0.05, 0) is 38.5 Å². The number of unbranched alkanes of at least 4 members (excludes halogenated alkanes) is 19. The van der Waals surface area contributed by atoms with Gasteiger partial charge in [0.1, 0.15) is 24.8 Å². The molecular formula is C36H68N4O2+2. The first kappa shape index (κ1) is 36.5. The monoisotopic (exact) mass is 589 g/mol. The largest absolute Gasteiger partial charge is 0.342 e. The second-order valence-corrected chi connectivity index (χ2v) is 12.5. The predicted octanol–water partition coefficient (Wildman–Crippen LogP) is 9.14. The second-order valence-electron chi connectivity index (χ2n) is 12.5. The first-order valence-corrected chi connectivity index (χ1v) is 18.1. The molecule has 0 saturated carbocycles. The first-order valence-electron chi connectivity index (χ1n) is 18.1. The average molecular weight is 589 g/mol. The zero-order chi connectivity index (χ0) is 29.8. The van der Waals surface area contributed by atoms with E-state index in [4.69, 9.17) is 9.47 Å². The first-order chi connectivity index (χ1) is 20.8. The van der Waals surface area contributed by atoms with E-state index in [1.54, 1.807) is 0 Å². The number of hydrogen-bond donors (Lipinski definition) is 0. The molecule has 42 heavy (non-hydrogen) atoms. The second kappa shape index (κ2) is 26.9. The Kier molecular flexibility index (Phi) is 23.4. The van der Waals surface area contributed by atoms with Crippen molar-refractivity contribution in [3.05, 3.63) is 37.4 Å². The number of aryl methyl sites for hydroxylation is 2. The molecule has 0 atom stereocenters. The van der Waals surface area contributed by atoms with Crippen molar-refractivity contribution in [1.29, 1.82) is 0 Å². The Morgan fingerprint density at radius 2 is 0.762 bits per heavy atom. The van der Waals surface area contributed by atoms with E-state index in [9.17, 15) is 0 Å². The molecule has 0 N–H and O–H groups in total. The molecule has 0 amide bonds. The van der Waals surface area contributed by atoms with Gasteiger partial charge >= 0.3 is 0 Å². The van der Waals surface area contributed by atoms with Gasteiger partial charge in [0.25, 0.3) is 0 Å². The summed E-state index contributed by atoms with van der Waals surface area (Å²) in [6.07, 6.45) is 42.7. The van der Waals surface area contributed by atoms with E-state index in [1.165, 1.54) is 128 Å². The molecule has 6 heteroatoms. The van der Waals surface area contributed by atoms with Crippen molar-refractivity contribution in [1.82, 2.24) is 9.13 Å². The molecule has 0 aliphatic carbocycles. The van der Waals surface area contributed by atoms with Crippen LogP contribution in [0.3, 0.4) is 0 Å². The summed E-state index contributed by atoms with van der Waals surface area (Å²) in [4.78, 5) is 0. The van der Waals surface area contributed by atoms with E-state index in [0.29, 0.717) is 13.5 Å². The Labute approximate surface area is 259 Å². The number of ether oxygens (including phenoxy) is 2. The summed E-state index contributed by atoms with van der Waals surface area (Å²) < 4.78 is 20.6. The van der Waals surface area contributed by atoms with Gasteiger partial charge < -0.3 is 9.47 Å². The highest BCUT2D eigenvalue weighted by molar-refractivity contribution is 4.66. The van der Waals surface area contributed by atoms with E-state index in [2.05, 4.69) is 69.6 Å². The van der Waals surface area contributed by atoms with Crippen LogP contribution < -0.4 is 9.13 Å². The minimum atomic E-state index is 0.633. The summed E-state index contributed by atoms with van der Waals surface area (Å²) in [5, 5.41) is 0. The molecule has 242 valence electrons. The molecule has 2 heterocycles. The van der Waals surface area contributed by atoms with Crippen molar-refractivity contribution in [2.24, 2.45) is 0 Å². The highest BCUT2D eigenvalue weighted by atomic mass is 16.5. The predicted molar refractivity (Wildman–Crippen MR) is 174 cm³/mol. The van der Waals surface area contributed by atoms with Crippen molar-refractivity contribution < 1.29 is 18.6 Å². The van der Waals surface area contributed by atoms with Crippen LogP contribution in [-0.2, 0) is 36.0 Å². The number of hydrogen-bond acceptors (Lipinski definition) is 2. The quantitative estimate of drug-likeness (QED) is 0.0650. The van der Waals surface area contributed by atoms with Crippen LogP contribution >= 0.6 is 0 Å². The van der Waals surface area contributed by atoms with E-state index >= 15 is 0 Å². The molecule has 0 aromatic carbocycles. The molecule has 2 aromatic heterocycles. The lowest BCUT2D eigenvalue weighted by Gasteiger charge is -2.03. The Morgan fingerprint density at radius 3 is 1.12 bits per heavy atom. The Hall–Kier alpha value is -1.66. The van der Waals surface area contributed by atoms with Crippen LogP contribution in [0.4, 0.5) is 0 Å². The number of imidazole rings is 2. The van der Waals surface area contributed by atoms with E-state index < -0.39 is 0 Å². The molecule has 0 fully saturated rings. The van der Waals surface area contributed by atoms with E-state index in [1.807, 2.05) is 0 Å². The summed E-state index contributed by atoms with van der Waals surface area (Å²) in [7, 11) is 0. The normalized spacial score (nSPS) is 11.6. The summed E-state index contributed by atoms with van der Waals surface area (Å²) in [5.41, 5.74) is 0. The zero-order valence-electron chi connectivity index (χ0n) is 27.9. The number of aromatic nitrogens is 4. The minimum Gasteiger partial charge on any atom is -0.342 e. The fraction of sp³-hybridized carbons (Fsp3) is 0.833. The van der Waals surface area contributed by atoms with Crippen LogP contribution in [0.15, 0.2) is 37.4 Å². The molecule has 2 rings (SSSR count). The lowest BCUT2D eigenvalue weighted by atomic mass is 10.1. The maximum Gasteiger partial charge on any atom is 0.245 e. The van der Waals surface area contributed by atoms with E-state index in [-0.39, 0.29) is 0 Å². The third-order valence-corrected chi connectivity index (χ3v) is 8.34. The SMILES string of the molecule is CCCCCCCCCCCCn1cc[n+](COCCCCOC[n+]2ccn(CCCCCCCCCCCC)c2)c1. The Balaban J connectivity index is 1.35. The molecular weight excluding hydrogens is 520 g/mol. The van der Waals surface area contributed by atoms with Gasteiger partial charge in [-0.3, -0.25) is 0 Å². The van der Waals surface area contributed by atoms with Gasteiger partial charge in [-0.15, -0.1) is 0 Å². The number of nitrogens with zero attached hydrogens (tertiary/aromatic N) is 4. The molecule has 0 radical (unpaired) electrons. The van der Waals surface area contributed by atoms with Crippen molar-refractivity contribution in [2.75, 3.05) is 13.2 Å². The summed E-state index contributed by atoms with van der Waals surface area (Å²) in [6, 6.07) is 0. The third-order valence-electron chi connectivity index (χ3n) is 8.34. The van der Waals surface area contributed by atoms with Gasteiger partial charge in [-0.25, -0.2) is 18.3 Å². The Morgan fingerprint density at radius 1 is 0.429 bits per heavy atom. The third kappa shape index (κ3) is 20.3. The molecule has 0 aliphatic heterocycles. The lowest BCUT2D eigenvalue weighted by Crippen LogP contribution is -2.33. The Bertz CT molecular complexity index is 766. The number of rotatable bonds is 31. The highest BCUT2D eigenvalue weighted by Gasteiger charge is 2.05. The van der Waals surface area contributed by atoms with Crippen LogP contribution in [0.25, 0.3) is 0 Å². The maximum atomic E-state index is 5.88. The molecule has 0 spiro atoms.